The number of aliphatic carboxylic acids is 1. The summed E-state index contributed by atoms with van der Waals surface area (Å²) < 4.78 is 27.5. The topological polar surface area (TPSA) is 104 Å². The molecule has 0 aromatic heterocycles. The molecule has 1 aliphatic carbocycles. The van der Waals surface area contributed by atoms with Crippen LogP contribution in [0.15, 0.2) is 35.2 Å². The van der Waals surface area contributed by atoms with E-state index in [-0.39, 0.29) is 17.2 Å². The molecule has 2 atom stereocenters. The molecule has 2 aliphatic rings. The number of carboxylic acids is 1. The molecule has 2 N–H and O–H groups in total. The minimum absolute atomic E-state index is 0.0710. The Labute approximate surface area is 140 Å². The molecule has 7 nitrogen and oxygen atoms in total. The van der Waals surface area contributed by atoms with Gasteiger partial charge in [0.2, 0.25) is 15.9 Å². The van der Waals surface area contributed by atoms with Crippen LogP contribution in [-0.2, 0) is 26.0 Å². The number of amides is 1. The van der Waals surface area contributed by atoms with Gasteiger partial charge in [-0.15, -0.1) is 0 Å². The average Bonchev–Trinajstić information content (AvgIpc) is 3.12. The lowest BCUT2D eigenvalue weighted by Crippen LogP contribution is -2.33. The second kappa shape index (κ2) is 6.03. The van der Waals surface area contributed by atoms with Crippen molar-refractivity contribution in [3.8, 4) is 0 Å². The van der Waals surface area contributed by atoms with Crippen molar-refractivity contribution < 1.29 is 23.1 Å². The number of hydrogen-bond acceptors (Lipinski definition) is 4. The maximum atomic E-state index is 12.5. The number of hydrogen-bond donors (Lipinski definition) is 2. The summed E-state index contributed by atoms with van der Waals surface area (Å²) in [6, 6.07) is 4.16. The van der Waals surface area contributed by atoms with Gasteiger partial charge in [0.05, 0.1) is 10.8 Å². The van der Waals surface area contributed by atoms with Gasteiger partial charge in [-0.3, -0.25) is 9.59 Å². The van der Waals surface area contributed by atoms with Gasteiger partial charge in [0.25, 0.3) is 0 Å². The van der Waals surface area contributed by atoms with Crippen molar-refractivity contribution in [3.63, 3.8) is 0 Å². The number of sulfonamides is 1. The molecule has 1 aliphatic heterocycles. The van der Waals surface area contributed by atoms with E-state index in [4.69, 9.17) is 5.11 Å². The smallest absolute Gasteiger partial charge is 0.310 e. The van der Waals surface area contributed by atoms with Crippen LogP contribution in [0.25, 0.3) is 0 Å². The fourth-order valence-electron chi connectivity index (χ4n) is 3.11. The molecule has 1 heterocycles. The molecule has 0 radical (unpaired) electrons. The second-order valence-corrected chi connectivity index (χ2v) is 7.72. The van der Waals surface area contributed by atoms with Crippen molar-refractivity contribution >= 4 is 27.6 Å². The first-order valence-corrected chi connectivity index (χ1v) is 9.11. The molecule has 0 saturated carbocycles. The second-order valence-electron chi connectivity index (χ2n) is 6.00. The maximum Gasteiger partial charge on any atom is 0.310 e. The highest BCUT2D eigenvalue weighted by Crippen LogP contribution is 2.30. The van der Waals surface area contributed by atoms with E-state index in [9.17, 15) is 18.0 Å². The lowest BCUT2D eigenvalue weighted by Gasteiger charge is -2.16. The molecule has 24 heavy (non-hydrogen) atoms. The summed E-state index contributed by atoms with van der Waals surface area (Å²) in [5, 5.41) is 8.96. The minimum atomic E-state index is -3.75. The Morgan fingerprint density at radius 1 is 1.29 bits per heavy atom. The summed E-state index contributed by atoms with van der Waals surface area (Å²) in [7, 11) is -3.75. The Hall–Kier alpha value is -2.19. The molecule has 128 valence electrons. The van der Waals surface area contributed by atoms with Crippen LogP contribution in [0, 0.1) is 5.92 Å². The van der Waals surface area contributed by atoms with Crippen molar-refractivity contribution in [1.82, 2.24) is 4.72 Å². The molecule has 1 aromatic carbocycles. The van der Waals surface area contributed by atoms with Gasteiger partial charge < -0.3 is 10.0 Å². The number of anilines is 1. The van der Waals surface area contributed by atoms with Gasteiger partial charge in [-0.1, -0.05) is 12.2 Å². The Balaban J connectivity index is 1.78. The van der Waals surface area contributed by atoms with Crippen molar-refractivity contribution in [2.45, 2.75) is 30.7 Å². The Morgan fingerprint density at radius 2 is 2.04 bits per heavy atom. The first-order chi connectivity index (χ1) is 11.3. The molecule has 0 bridgehead atoms. The van der Waals surface area contributed by atoms with E-state index >= 15 is 0 Å². The molecule has 2 unspecified atom stereocenters. The van der Waals surface area contributed by atoms with Crippen LogP contribution in [-0.4, -0.2) is 38.0 Å². The Bertz CT molecular complexity index is 831. The fourth-order valence-corrected chi connectivity index (χ4v) is 4.36. The Kier molecular flexibility index (Phi) is 4.18. The highest BCUT2D eigenvalue weighted by atomic mass is 32.2. The lowest BCUT2D eigenvalue weighted by atomic mass is 10.1. The first kappa shape index (κ1) is 16.7. The van der Waals surface area contributed by atoms with Crippen LogP contribution in [0.1, 0.15) is 18.9 Å². The number of rotatable bonds is 4. The van der Waals surface area contributed by atoms with Gasteiger partial charge >= 0.3 is 5.97 Å². The molecule has 0 saturated heterocycles. The largest absolute Gasteiger partial charge is 0.481 e. The highest BCUT2D eigenvalue weighted by molar-refractivity contribution is 7.89. The van der Waals surface area contributed by atoms with Gasteiger partial charge in [0.15, 0.2) is 0 Å². The normalized spacial score (nSPS) is 22.6. The number of carbonyl (C=O) groups excluding carboxylic acids is 1. The summed E-state index contributed by atoms with van der Waals surface area (Å²) in [6.07, 6.45) is 3.89. The summed E-state index contributed by atoms with van der Waals surface area (Å²) >= 11 is 0. The zero-order valence-corrected chi connectivity index (χ0v) is 13.9. The van der Waals surface area contributed by atoms with Gasteiger partial charge in [-0.25, -0.2) is 13.1 Å². The number of nitrogens with one attached hydrogen (secondary N) is 1. The van der Waals surface area contributed by atoms with E-state index in [1.165, 1.54) is 19.1 Å². The number of carboxylic acid groups (broad SMARTS) is 1. The summed E-state index contributed by atoms with van der Waals surface area (Å²) in [5.74, 6) is -1.70. The molecule has 0 spiro atoms. The minimum Gasteiger partial charge on any atom is -0.481 e. The monoisotopic (exact) mass is 350 g/mol. The van der Waals surface area contributed by atoms with Crippen LogP contribution < -0.4 is 9.62 Å². The van der Waals surface area contributed by atoms with E-state index in [2.05, 4.69) is 4.72 Å². The van der Waals surface area contributed by atoms with E-state index in [0.29, 0.717) is 13.0 Å². The lowest BCUT2D eigenvalue weighted by molar-refractivity contribution is -0.140. The van der Waals surface area contributed by atoms with Crippen molar-refractivity contribution in [2.24, 2.45) is 5.92 Å². The maximum absolute atomic E-state index is 12.5. The summed E-state index contributed by atoms with van der Waals surface area (Å²) in [6.45, 7) is 2.03. The Morgan fingerprint density at radius 3 is 2.67 bits per heavy atom. The van der Waals surface area contributed by atoms with Gasteiger partial charge in [-0.2, -0.15) is 0 Å². The van der Waals surface area contributed by atoms with Crippen LogP contribution in [0.5, 0.6) is 0 Å². The number of benzene rings is 1. The number of fused-ring (bicyclic) bond motifs is 1. The fraction of sp³-hybridized carbons (Fsp3) is 0.375. The molecule has 1 amide bonds. The van der Waals surface area contributed by atoms with Crippen molar-refractivity contribution in [1.29, 1.82) is 0 Å². The molecule has 0 fully saturated rings. The van der Waals surface area contributed by atoms with E-state index < -0.39 is 28.0 Å². The number of nitrogens with zero attached hydrogens (tertiary/aromatic N) is 1. The summed E-state index contributed by atoms with van der Waals surface area (Å²) in [4.78, 5) is 24.2. The standard InChI is InChI=1S/C16H18N2O5S/c1-10(19)18-7-6-11-9-14(4-5-15(11)18)24(22,23)17-13-3-2-12(8-13)16(20)21/h2-5,9,12-13,17H,6-8H2,1H3,(H,20,21). The molecular weight excluding hydrogens is 332 g/mol. The predicted molar refractivity (Wildman–Crippen MR) is 87.2 cm³/mol. The van der Waals surface area contributed by atoms with Gasteiger partial charge in [-0.05, 0) is 36.6 Å². The van der Waals surface area contributed by atoms with E-state index in [1.54, 1.807) is 23.1 Å². The number of carbonyl (C=O) groups is 2. The summed E-state index contributed by atoms with van der Waals surface area (Å²) in [5.41, 5.74) is 1.56. The molecule has 8 heteroatoms. The zero-order valence-electron chi connectivity index (χ0n) is 13.1. The zero-order chi connectivity index (χ0) is 17.5. The molecule has 3 rings (SSSR count). The van der Waals surface area contributed by atoms with E-state index in [1.807, 2.05) is 0 Å². The third kappa shape index (κ3) is 3.07. The van der Waals surface area contributed by atoms with Crippen molar-refractivity contribution in [3.05, 3.63) is 35.9 Å². The van der Waals surface area contributed by atoms with Crippen molar-refractivity contribution in [2.75, 3.05) is 11.4 Å². The average molecular weight is 350 g/mol. The predicted octanol–water partition coefficient (Wildman–Crippen LogP) is 0.903. The van der Waals surface area contributed by atoms with E-state index in [0.717, 1.165) is 11.3 Å². The third-order valence-corrected chi connectivity index (χ3v) is 5.83. The molecular formula is C16H18N2O5S. The molecule has 1 aromatic rings. The SMILES string of the molecule is CC(=O)N1CCc2cc(S(=O)(=O)NC3C=CC(C(=O)O)C3)ccc21. The van der Waals surface area contributed by atoms with Crippen LogP contribution in [0.3, 0.4) is 0 Å². The van der Waals surface area contributed by atoms with Crippen LogP contribution in [0.2, 0.25) is 0 Å². The van der Waals surface area contributed by atoms with Crippen LogP contribution in [0.4, 0.5) is 5.69 Å². The van der Waals surface area contributed by atoms with Gasteiger partial charge in [0.1, 0.15) is 0 Å². The van der Waals surface area contributed by atoms with Crippen LogP contribution >= 0.6 is 0 Å². The third-order valence-electron chi connectivity index (χ3n) is 4.34. The quantitative estimate of drug-likeness (QED) is 0.785. The first-order valence-electron chi connectivity index (χ1n) is 7.62. The highest BCUT2D eigenvalue weighted by Gasteiger charge is 2.29. The van der Waals surface area contributed by atoms with Gasteiger partial charge in [0, 0.05) is 25.2 Å².